The first-order valence-electron chi connectivity index (χ1n) is 12.2. The van der Waals surface area contributed by atoms with Gasteiger partial charge in [0.2, 0.25) is 0 Å². The zero-order valence-electron chi connectivity index (χ0n) is 22.6. The summed E-state index contributed by atoms with van der Waals surface area (Å²) in [6.07, 6.45) is 0.913. The minimum Gasteiger partial charge on any atom is -0.505 e. The quantitative estimate of drug-likeness (QED) is 0.198. The minimum absolute atomic E-state index is 0. The van der Waals surface area contributed by atoms with Gasteiger partial charge in [-0.2, -0.15) is 0 Å². The molecule has 6 nitrogen and oxygen atoms in total. The number of nitro benzene ring substituents is 1. The number of nitrogens with zero attached hydrogens (tertiary/aromatic N) is 3. The van der Waals surface area contributed by atoms with E-state index in [9.17, 15) is 15.2 Å². The summed E-state index contributed by atoms with van der Waals surface area (Å²) in [5, 5.41) is 31.6. The normalized spacial score (nSPS) is 12.4. The van der Waals surface area contributed by atoms with Crippen molar-refractivity contribution in [3.8, 4) is 5.75 Å². The van der Waals surface area contributed by atoms with Gasteiger partial charge in [0.05, 0.1) is 4.92 Å². The van der Waals surface area contributed by atoms with E-state index in [2.05, 4.69) is 64.8 Å². The van der Waals surface area contributed by atoms with Gasteiger partial charge in [-0.15, -0.1) is 10.2 Å². The molecule has 0 saturated carbocycles. The van der Waals surface area contributed by atoms with Crippen LogP contribution in [-0.2, 0) is 10.8 Å². The molecule has 0 aliphatic heterocycles. The van der Waals surface area contributed by atoms with E-state index in [4.69, 9.17) is 0 Å². The van der Waals surface area contributed by atoms with E-state index in [-0.39, 0.29) is 35.4 Å². The third-order valence-corrected chi connectivity index (χ3v) is 6.61. The second kappa shape index (κ2) is 10.8. The van der Waals surface area contributed by atoms with Crippen LogP contribution in [0.25, 0.3) is 0 Å². The Hall–Kier alpha value is -3.54. The molecular weight excluding hydrogens is 462 g/mol. The van der Waals surface area contributed by atoms with Crippen molar-refractivity contribution in [3.05, 3.63) is 93.0 Å². The molecule has 0 amide bonds. The maximum Gasteiger partial charge on any atom is 0.296 e. The molecule has 0 bridgehead atoms. The highest BCUT2D eigenvalue weighted by molar-refractivity contribution is 5.63. The van der Waals surface area contributed by atoms with Crippen molar-refractivity contribution >= 4 is 17.1 Å². The van der Waals surface area contributed by atoms with E-state index in [1.54, 1.807) is 19.1 Å². The van der Waals surface area contributed by atoms with Crippen LogP contribution in [0.4, 0.5) is 17.1 Å². The van der Waals surface area contributed by atoms with Crippen molar-refractivity contribution in [3.63, 3.8) is 0 Å². The summed E-state index contributed by atoms with van der Waals surface area (Å²) in [5.41, 5.74) is 3.27. The molecule has 0 spiro atoms. The van der Waals surface area contributed by atoms with Crippen LogP contribution in [0, 0.1) is 22.5 Å². The molecular formula is C31H41N3O3. The monoisotopic (exact) mass is 503 g/mol. The molecule has 0 unspecified atom stereocenters. The Balaban J connectivity index is 0.00000481. The van der Waals surface area contributed by atoms with Gasteiger partial charge < -0.3 is 5.11 Å². The molecule has 0 aromatic heterocycles. The molecule has 0 fully saturated rings. The number of benzene rings is 3. The lowest BCUT2D eigenvalue weighted by Gasteiger charge is -2.35. The van der Waals surface area contributed by atoms with E-state index < -0.39 is 10.3 Å². The zero-order valence-corrected chi connectivity index (χ0v) is 22.6. The third kappa shape index (κ3) is 6.82. The van der Waals surface area contributed by atoms with Gasteiger partial charge >= 0.3 is 0 Å². The second-order valence-corrected chi connectivity index (χ2v) is 12.0. The summed E-state index contributed by atoms with van der Waals surface area (Å²) in [6.45, 7) is 16.9. The fraction of sp³-hybridized carbons (Fsp3) is 0.419. The Labute approximate surface area is 221 Å². The first-order chi connectivity index (χ1) is 16.6. The van der Waals surface area contributed by atoms with Gasteiger partial charge in [-0.25, -0.2) is 0 Å². The number of aromatic hydroxyl groups is 1. The van der Waals surface area contributed by atoms with Gasteiger partial charge in [0.15, 0.2) is 5.69 Å². The highest BCUT2D eigenvalue weighted by Gasteiger charge is 2.33. The van der Waals surface area contributed by atoms with Gasteiger partial charge in [-0.05, 0) is 53.0 Å². The largest absolute Gasteiger partial charge is 0.505 e. The van der Waals surface area contributed by atoms with Crippen LogP contribution < -0.4 is 0 Å². The Bertz CT molecular complexity index is 1290. The molecule has 3 aromatic carbocycles. The Morgan fingerprint density at radius 3 is 2.00 bits per heavy atom. The van der Waals surface area contributed by atoms with Crippen LogP contribution in [0.1, 0.15) is 84.6 Å². The molecule has 3 rings (SSSR count). The predicted molar refractivity (Wildman–Crippen MR) is 153 cm³/mol. The average Bonchev–Trinajstić information content (AvgIpc) is 2.77. The topological polar surface area (TPSA) is 88.1 Å². The van der Waals surface area contributed by atoms with E-state index in [1.807, 2.05) is 36.4 Å². The number of aryl methyl sites for hydroxylation is 1. The van der Waals surface area contributed by atoms with Gasteiger partial charge in [0.25, 0.3) is 5.69 Å². The highest BCUT2D eigenvalue weighted by Crippen LogP contribution is 2.47. The van der Waals surface area contributed by atoms with Crippen molar-refractivity contribution in [1.82, 2.24) is 0 Å². The number of azo groups is 1. The number of hydrogen-bond acceptors (Lipinski definition) is 5. The smallest absolute Gasteiger partial charge is 0.296 e. The molecule has 1 N–H and O–H groups in total. The van der Waals surface area contributed by atoms with Gasteiger partial charge in [-0.1, -0.05) is 98.4 Å². The summed E-state index contributed by atoms with van der Waals surface area (Å²) in [5.74, 6) is 0.0256. The summed E-state index contributed by atoms with van der Waals surface area (Å²) in [7, 11) is 0. The lowest BCUT2D eigenvalue weighted by Crippen LogP contribution is -2.26. The SMILES string of the molecule is C.Cc1ccc(N=Nc2cc(C(C)(C)CC(C)(C)C)cc(C(C)(C)c3ccccc3)c2O)c([N+](=O)[O-])c1. The summed E-state index contributed by atoms with van der Waals surface area (Å²) in [4.78, 5) is 11.1. The minimum atomic E-state index is -0.515. The first-order valence-corrected chi connectivity index (χ1v) is 12.2. The molecule has 0 heterocycles. The lowest BCUT2D eigenvalue weighted by molar-refractivity contribution is -0.384. The predicted octanol–water partition coefficient (Wildman–Crippen LogP) is 9.70. The lowest BCUT2D eigenvalue weighted by atomic mass is 9.70. The standard InChI is InChI=1S/C30H37N3O3.CH4/c1-20-14-15-24(26(16-20)33(35)36)31-32-25-18-22(29(5,6)19-28(2,3)4)17-23(27(25)34)30(7,8)21-12-10-9-11-13-21;/h9-18,34H,19H2,1-8H3;1H4. The van der Waals surface area contributed by atoms with Crippen LogP contribution in [0.15, 0.2) is 70.9 Å². The molecule has 0 aliphatic carbocycles. The summed E-state index contributed by atoms with van der Waals surface area (Å²) >= 11 is 0. The number of hydrogen-bond donors (Lipinski definition) is 1. The fourth-order valence-corrected chi connectivity index (χ4v) is 4.97. The Morgan fingerprint density at radius 2 is 1.43 bits per heavy atom. The van der Waals surface area contributed by atoms with Crippen LogP contribution in [0.5, 0.6) is 5.75 Å². The Kier molecular flexibility index (Phi) is 8.69. The average molecular weight is 504 g/mol. The zero-order chi connectivity index (χ0) is 26.9. The van der Waals surface area contributed by atoms with E-state index in [1.165, 1.54) is 6.07 Å². The third-order valence-electron chi connectivity index (χ3n) is 6.61. The van der Waals surface area contributed by atoms with Crippen LogP contribution in [-0.4, -0.2) is 10.0 Å². The molecule has 0 saturated heterocycles. The van der Waals surface area contributed by atoms with E-state index >= 15 is 0 Å². The van der Waals surface area contributed by atoms with Crippen molar-refractivity contribution in [2.24, 2.45) is 15.6 Å². The summed E-state index contributed by atoms with van der Waals surface area (Å²) in [6, 6.07) is 18.8. The highest BCUT2D eigenvalue weighted by atomic mass is 16.6. The molecule has 0 atom stereocenters. The maximum atomic E-state index is 11.6. The molecule has 0 radical (unpaired) electrons. The van der Waals surface area contributed by atoms with Gasteiger partial charge in [0, 0.05) is 17.0 Å². The molecule has 3 aromatic rings. The van der Waals surface area contributed by atoms with Gasteiger partial charge in [0.1, 0.15) is 11.4 Å². The number of rotatable bonds is 7. The molecule has 6 heteroatoms. The van der Waals surface area contributed by atoms with Crippen molar-refractivity contribution in [1.29, 1.82) is 0 Å². The summed E-state index contributed by atoms with van der Waals surface area (Å²) < 4.78 is 0. The first kappa shape index (κ1) is 29.7. The fourth-order valence-electron chi connectivity index (χ4n) is 4.97. The van der Waals surface area contributed by atoms with Gasteiger partial charge in [-0.3, -0.25) is 10.1 Å². The van der Waals surface area contributed by atoms with E-state index in [0.29, 0.717) is 5.69 Å². The maximum absolute atomic E-state index is 11.6. The number of nitro groups is 1. The number of phenols is 1. The molecule has 37 heavy (non-hydrogen) atoms. The molecule has 198 valence electrons. The van der Waals surface area contributed by atoms with E-state index in [0.717, 1.165) is 28.7 Å². The van der Waals surface area contributed by atoms with Crippen LogP contribution >= 0.6 is 0 Å². The van der Waals surface area contributed by atoms with Crippen molar-refractivity contribution in [2.75, 3.05) is 0 Å². The van der Waals surface area contributed by atoms with Crippen molar-refractivity contribution < 1.29 is 10.0 Å². The van der Waals surface area contributed by atoms with Crippen LogP contribution in [0.2, 0.25) is 0 Å². The van der Waals surface area contributed by atoms with Crippen LogP contribution in [0.3, 0.4) is 0 Å². The second-order valence-electron chi connectivity index (χ2n) is 12.0. The van der Waals surface area contributed by atoms with Crippen molar-refractivity contribution in [2.45, 2.75) is 80.1 Å². The molecule has 0 aliphatic rings. The Morgan fingerprint density at radius 1 is 0.838 bits per heavy atom. The number of phenolic OH excluding ortho intramolecular Hbond substituents is 1.